The molecule has 0 saturated heterocycles. The van der Waals surface area contributed by atoms with Crippen molar-refractivity contribution in [3.63, 3.8) is 0 Å². The fraction of sp³-hybridized carbons (Fsp3) is 0.375. The van der Waals surface area contributed by atoms with Crippen LogP contribution < -0.4 is 10.6 Å². The molecule has 1 aromatic carbocycles. The van der Waals surface area contributed by atoms with Gasteiger partial charge in [0, 0.05) is 17.7 Å². The number of nitrogen functional groups attached to an aromatic ring is 1. The zero-order valence-electron chi connectivity index (χ0n) is 13.0. The number of ether oxygens (including phenoxy) is 1. The van der Waals surface area contributed by atoms with Gasteiger partial charge in [0.05, 0.1) is 11.9 Å². The third-order valence-electron chi connectivity index (χ3n) is 3.57. The smallest absolute Gasteiger partial charge is 0.414 e. The maximum atomic E-state index is 12.5. The Balaban J connectivity index is 2.03. The minimum absolute atomic E-state index is 0.333. The number of aromatic amines is 1. The summed E-state index contributed by atoms with van der Waals surface area (Å²) in [6.07, 6.45) is 2.15. The van der Waals surface area contributed by atoms with Gasteiger partial charge in [-0.1, -0.05) is 18.2 Å². The van der Waals surface area contributed by atoms with Crippen LogP contribution in [0.15, 0.2) is 24.4 Å². The highest BCUT2D eigenvalue weighted by Crippen LogP contribution is 2.40. The van der Waals surface area contributed by atoms with Crippen LogP contribution in [-0.4, -0.2) is 28.4 Å². The highest BCUT2D eigenvalue weighted by atomic mass is 16.6. The summed E-state index contributed by atoms with van der Waals surface area (Å²) in [4.78, 5) is 14.2. The van der Waals surface area contributed by atoms with Crippen LogP contribution in [0.2, 0.25) is 0 Å². The molecule has 3 N–H and O–H groups in total. The maximum Gasteiger partial charge on any atom is 0.414 e. The molecular formula is C16H20N4O2. The average Bonchev–Trinajstić information content (AvgIpc) is 3.02. The summed E-state index contributed by atoms with van der Waals surface area (Å²) in [6, 6.07) is 5.95. The van der Waals surface area contributed by atoms with Crippen molar-refractivity contribution in [2.45, 2.75) is 32.8 Å². The van der Waals surface area contributed by atoms with Crippen LogP contribution in [0.25, 0.3) is 11.1 Å². The van der Waals surface area contributed by atoms with Gasteiger partial charge < -0.3 is 10.5 Å². The van der Waals surface area contributed by atoms with Crippen molar-refractivity contribution in [1.82, 2.24) is 10.2 Å². The first kappa shape index (κ1) is 14.4. The Labute approximate surface area is 129 Å². The van der Waals surface area contributed by atoms with E-state index in [1.807, 2.05) is 39.0 Å². The van der Waals surface area contributed by atoms with Crippen LogP contribution >= 0.6 is 0 Å². The summed E-state index contributed by atoms with van der Waals surface area (Å²) >= 11 is 0. The molecule has 6 heteroatoms. The molecular weight excluding hydrogens is 280 g/mol. The minimum Gasteiger partial charge on any atom is -0.443 e. The molecule has 2 heterocycles. The lowest BCUT2D eigenvalue weighted by atomic mass is 10.0. The molecule has 1 aliphatic heterocycles. The highest BCUT2D eigenvalue weighted by molar-refractivity contribution is 5.98. The van der Waals surface area contributed by atoms with Gasteiger partial charge in [0.15, 0.2) is 0 Å². The van der Waals surface area contributed by atoms with E-state index < -0.39 is 5.60 Å². The average molecular weight is 300 g/mol. The molecule has 0 fully saturated rings. The van der Waals surface area contributed by atoms with E-state index in [1.165, 1.54) is 0 Å². The van der Waals surface area contributed by atoms with Gasteiger partial charge in [-0.25, -0.2) is 4.79 Å². The molecule has 3 rings (SSSR count). The first-order valence-electron chi connectivity index (χ1n) is 7.28. The molecule has 0 spiro atoms. The number of aromatic nitrogens is 2. The van der Waals surface area contributed by atoms with Crippen molar-refractivity contribution in [3.05, 3.63) is 30.0 Å². The lowest BCUT2D eigenvalue weighted by molar-refractivity contribution is 0.0584. The third-order valence-corrected chi connectivity index (χ3v) is 3.57. The van der Waals surface area contributed by atoms with Gasteiger partial charge >= 0.3 is 6.09 Å². The quantitative estimate of drug-likeness (QED) is 0.848. The standard InChI is InChI=1S/C16H20N4O2/c1-16(2,3)22-15(21)20-8-7-10-5-4-6-11(13(10)20)12-9-18-19-14(12)17/h4-6,9H,7-8H2,1-3H3,(H3,17,18,19). The van der Waals surface area contributed by atoms with Crippen LogP contribution in [0, 0.1) is 0 Å². The summed E-state index contributed by atoms with van der Waals surface area (Å²) in [5, 5.41) is 6.70. The molecule has 1 aromatic heterocycles. The molecule has 2 aromatic rings. The Hall–Kier alpha value is -2.50. The molecule has 0 atom stereocenters. The van der Waals surface area contributed by atoms with Gasteiger partial charge in [-0.15, -0.1) is 0 Å². The Morgan fingerprint density at radius 3 is 2.77 bits per heavy atom. The van der Waals surface area contributed by atoms with E-state index in [-0.39, 0.29) is 6.09 Å². The summed E-state index contributed by atoms with van der Waals surface area (Å²) in [5.74, 6) is 0.490. The van der Waals surface area contributed by atoms with E-state index in [0.717, 1.165) is 28.8 Å². The van der Waals surface area contributed by atoms with E-state index >= 15 is 0 Å². The topological polar surface area (TPSA) is 84.2 Å². The van der Waals surface area contributed by atoms with E-state index in [4.69, 9.17) is 10.5 Å². The summed E-state index contributed by atoms with van der Waals surface area (Å²) < 4.78 is 5.51. The second-order valence-corrected chi connectivity index (χ2v) is 6.39. The number of nitrogens with one attached hydrogen (secondary N) is 1. The second kappa shape index (κ2) is 5.05. The number of rotatable bonds is 1. The molecule has 0 unspecified atom stereocenters. The Bertz CT molecular complexity index is 715. The lowest BCUT2D eigenvalue weighted by Gasteiger charge is -2.26. The largest absolute Gasteiger partial charge is 0.443 e. The molecule has 0 saturated carbocycles. The van der Waals surface area contributed by atoms with Crippen molar-refractivity contribution in [2.75, 3.05) is 17.2 Å². The second-order valence-electron chi connectivity index (χ2n) is 6.39. The van der Waals surface area contributed by atoms with E-state index in [1.54, 1.807) is 11.1 Å². The number of benzene rings is 1. The fourth-order valence-electron chi connectivity index (χ4n) is 2.68. The number of amides is 1. The van der Waals surface area contributed by atoms with Gasteiger partial charge in [-0.3, -0.25) is 10.00 Å². The molecule has 0 aliphatic carbocycles. The van der Waals surface area contributed by atoms with Crippen LogP contribution in [-0.2, 0) is 11.2 Å². The van der Waals surface area contributed by atoms with E-state index in [2.05, 4.69) is 10.2 Å². The number of carbonyl (C=O) groups is 1. The number of fused-ring (bicyclic) bond motifs is 1. The van der Waals surface area contributed by atoms with Crippen molar-refractivity contribution in [2.24, 2.45) is 0 Å². The first-order valence-corrected chi connectivity index (χ1v) is 7.28. The van der Waals surface area contributed by atoms with Gasteiger partial charge in [-0.2, -0.15) is 5.10 Å². The van der Waals surface area contributed by atoms with Gasteiger partial charge in [0.25, 0.3) is 0 Å². The number of carbonyl (C=O) groups excluding carboxylic acids is 1. The third kappa shape index (κ3) is 2.52. The number of anilines is 2. The molecule has 6 nitrogen and oxygen atoms in total. The predicted octanol–water partition coefficient (Wildman–Crippen LogP) is 2.96. The predicted molar refractivity (Wildman–Crippen MR) is 85.7 cm³/mol. The SMILES string of the molecule is CC(C)(C)OC(=O)N1CCc2cccc(-c3cn[nH]c3N)c21. The molecule has 0 radical (unpaired) electrons. The lowest BCUT2D eigenvalue weighted by Crippen LogP contribution is -2.35. The number of hydrogen-bond donors (Lipinski definition) is 2. The number of nitrogens with two attached hydrogens (primary N) is 1. The van der Waals surface area contributed by atoms with Crippen molar-refractivity contribution in [1.29, 1.82) is 0 Å². The summed E-state index contributed by atoms with van der Waals surface area (Å²) in [5.41, 5.74) is 9.09. The molecule has 22 heavy (non-hydrogen) atoms. The minimum atomic E-state index is -0.524. The number of para-hydroxylation sites is 1. The first-order chi connectivity index (χ1) is 10.4. The van der Waals surface area contributed by atoms with Gasteiger partial charge in [0.1, 0.15) is 11.4 Å². The Kier molecular flexibility index (Phi) is 3.31. The molecule has 1 amide bonds. The summed E-state index contributed by atoms with van der Waals surface area (Å²) in [6.45, 7) is 6.20. The number of H-pyrrole nitrogens is 1. The number of hydrogen-bond acceptors (Lipinski definition) is 4. The van der Waals surface area contributed by atoms with Crippen LogP contribution in [0.1, 0.15) is 26.3 Å². The van der Waals surface area contributed by atoms with Gasteiger partial charge in [0.2, 0.25) is 0 Å². The molecule has 1 aliphatic rings. The van der Waals surface area contributed by atoms with Crippen LogP contribution in [0.4, 0.5) is 16.3 Å². The number of nitrogens with zero attached hydrogens (tertiary/aromatic N) is 2. The zero-order chi connectivity index (χ0) is 15.9. The monoisotopic (exact) mass is 300 g/mol. The van der Waals surface area contributed by atoms with E-state index in [9.17, 15) is 4.79 Å². The van der Waals surface area contributed by atoms with Crippen LogP contribution in [0.3, 0.4) is 0 Å². The molecule has 0 bridgehead atoms. The van der Waals surface area contributed by atoms with Crippen LogP contribution in [0.5, 0.6) is 0 Å². The highest BCUT2D eigenvalue weighted by Gasteiger charge is 2.31. The van der Waals surface area contributed by atoms with Crippen molar-refractivity contribution < 1.29 is 9.53 Å². The fourth-order valence-corrected chi connectivity index (χ4v) is 2.68. The van der Waals surface area contributed by atoms with Crippen molar-refractivity contribution >= 4 is 17.6 Å². The Morgan fingerprint density at radius 1 is 1.36 bits per heavy atom. The summed E-state index contributed by atoms with van der Waals surface area (Å²) in [7, 11) is 0. The Morgan fingerprint density at radius 2 is 2.14 bits per heavy atom. The van der Waals surface area contributed by atoms with E-state index in [0.29, 0.717) is 12.4 Å². The maximum absolute atomic E-state index is 12.5. The zero-order valence-corrected chi connectivity index (χ0v) is 13.0. The normalized spacial score (nSPS) is 14.0. The van der Waals surface area contributed by atoms with Crippen molar-refractivity contribution in [3.8, 4) is 11.1 Å². The van der Waals surface area contributed by atoms with Gasteiger partial charge in [-0.05, 0) is 32.8 Å². The molecule has 116 valence electrons.